The van der Waals surface area contributed by atoms with Crippen LogP contribution in [0.15, 0.2) is 84.0 Å². The van der Waals surface area contributed by atoms with Gasteiger partial charge in [0.25, 0.3) is 28.8 Å². The number of ether oxygens (including phenoxy) is 1. The second-order valence-electron chi connectivity index (χ2n) is 11.2. The second kappa shape index (κ2) is 12.2. The number of nitro benzene ring substituents is 2. The Morgan fingerprint density at radius 2 is 1.41 bits per heavy atom. The number of anilines is 1. The van der Waals surface area contributed by atoms with Gasteiger partial charge in [-0.1, -0.05) is 35.5 Å². The summed E-state index contributed by atoms with van der Waals surface area (Å²) in [5, 5.41) is 25.5. The summed E-state index contributed by atoms with van der Waals surface area (Å²) >= 11 is 0. The minimum absolute atomic E-state index is 0.0285. The molecule has 0 radical (unpaired) electrons. The zero-order chi connectivity index (χ0) is 37.0. The predicted octanol–water partition coefficient (Wildman–Crippen LogP) is 6.33. The number of rotatable bonds is 5. The fourth-order valence-electron chi connectivity index (χ4n) is 5.76. The first-order chi connectivity index (χ1) is 24.1. The number of cyclic esters (lactones) is 2. The Labute approximate surface area is 281 Å². The molecule has 0 saturated carbocycles. The molecule has 0 bridgehead atoms. The van der Waals surface area contributed by atoms with E-state index in [9.17, 15) is 57.0 Å². The Bertz CT molecular complexity index is 2260. The number of hydrogen-bond acceptors (Lipinski definition) is 11. The highest BCUT2D eigenvalue weighted by molar-refractivity contribution is 6.35. The molecule has 1 atom stereocenters. The lowest BCUT2D eigenvalue weighted by molar-refractivity contribution is -0.385. The van der Waals surface area contributed by atoms with E-state index in [0.29, 0.717) is 4.90 Å². The molecule has 2 amide bonds. The van der Waals surface area contributed by atoms with Crippen molar-refractivity contribution in [3.63, 3.8) is 0 Å². The fraction of sp³-hybridized carbons (Fsp3) is 0.121. The summed E-state index contributed by atoms with van der Waals surface area (Å²) in [5.74, 6) is -4.14. The van der Waals surface area contributed by atoms with Gasteiger partial charge in [0.05, 0.1) is 32.4 Å². The molecule has 0 fully saturated rings. The van der Waals surface area contributed by atoms with Gasteiger partial charge in [0, 0.05) is 24.1 Å². The number of carbonyl (C=O) groups is 4. The number of nitrogens with zero attached hydrogens (tertiary/aromatic N) is 4. The van der Waals surface area contributed by atoms with Crippen LogP contribution in [0.3, 0.4) is 0 Å². The molecule has 258 valence electrons. The molecule has 7 rings (SSSR count). The molecule has 0 aliphatic carbocycles. The Morgan fingerprint density at radius 3 is 2.00 bits per heavy atom. The number of fused-ring (bicyclic) bond motifs is 2. The van der Waals surface area contributed by atoms with Crippen molar-refractivity contribution in [1.29, 1.82) is 0 Å². The highest BCUT2D eigenvalue weighted by Crippen LogP contribution is 2.49. The number of halogens is 4. The van der Waals surface area contributed by atoms with E-state index >= 15 is 0 Å². The van der Waals surface area contributed by atoms with Gasteiger partial charge in [0.2, 0.25) is 0 Å². The van der Waals surface area contributed by atoms with Crippen LogP contribution >= 0.6 is 0 Å². The van der Waals surface area contributed by atoms with E-state index in [4.69, 9.17) is 4.84 Å². The minimum Gasteiger partial charge on any atom is -0.385 e. The monoisotopic (exact) mass is 706 g/mol. The number of oxime groups is 1. The van der Waals surface area contributed by atoms with Crippen LogP contribution in [-0.4, -0.2) is 45.5 Å². The van der Waals surface area contributed by atoms with Crippen LogP contribution in [0.5, 0.6) is 0 Å². The van der Waals surface area contributed by atoms with Crippen LogP contribution in [-0.2, 0) is 15.2 Å². The summed E-state index contributed by atoms with van der Waals surface area (Å²) < 4.78 is 60.6. The van der Waals surface area contributed by atoms with Gasteiger partial charge in [0.15, 0.2) is 5.56 Å². The summed E-state index contributed by atoms with van der Waals surface area (Å²) in [4.78, 5) is 74.1. The minimum atomic E-state index is -4.91. The lowest BCUT2D eigenvalue weighted by atomic mass is 9.85. The van der Waals surface area contributed by atoms with Gasteiger partial charge in [-0.25, -0.2) is 18.9 Å². The zero-order valence-electron chi connectivity index (χ0n) is 25.6. The maximum atomic E-state index is 14.4. The summed E-state index contributed by atoms with van der Waals surface area (Å²) in [5.41, 5.74) is -4.70. The number of amides is 2. The second-order valence-corrected chi connectivity index (χ2v) is 11.2. The molecule has 0 N–H and O–H groups in total. The number of aryl methyl sites for hydroxylation is 1. The number of esters is 2. The molecule has 0 spiro atoms. The molecule has 4 aromatic rings. The Hall–Kier alpha value is -6.85. The predicted molar refractivity (Wildman–Crippen MR) is 165 cm³/mol. The Balaban J connectivity index is 0.000000267. The molecule has 14 nitrogen and oxygen atoms in total. The first kappa shape index (κ1) is 34.0. The van der Waals surface area contributed by atoms with E-state index in [0.717, 1.165) is 42.5 Å². The number of hydrogen-bond donors (Lipinski definition) is 0. The van der Waals surface area contributed by atoms with Gasteiger partial charge in [-0.05, 0) is 54.4 Å². The van der Waals surface area contributed by atoms with Crippen LogP contribution in [0, 0.1) is 33.0 Å². The molecular weight excluding hydrogens is 688 g/mol. The summed E-state index contributed by atoms with van der Waals surface area (Å²) in [6.07, 6.45) is -5.61. The first-order valence-electron chi connectivity index (χ1n) is 14.4. The van der Waals surface area contributed by atoms with Crippen LogP contribution in [0.4, 0.5) is 34.6 Å². The zero-order valence-corrected chi connectivity index (χ0v) is 25.6. The van der Waals surface area contributed by atoms with Crippen LogP contribution in [0.1, 0.15) is 64.5 Å². The number of imide groups is 1. The molecule has 3 aliphatic heterocycles. The molecule has 18 heteroatoms. The van der Waals surface area contributed by atoms with Crippen molar-refractivity contribution in [2.24, 2.45) is 5.16 Å². The molecule has 0 saturated heterocycles. The SMILES string of the molecule is Cc1cc(C2(C(F)(F)F)CC(c3ccc(F)cc3)=NO2)ccc1N1C(=O)c2cccc([N+](=O)[O-])c2C1=O.O=C1OC(=O)c2c1cccc2[N+](=O)[O-]. The average Bonchev–Trinajstić information content (AvgIpc) is 3.74. The van der Waals surface area contributed by atoms with E-state index in [2.05, 4.69) is 9.89 Å². The van der Waals surface area contributed by atoms with Gasteiger partial charge in [-0.2, -0.15) is 13.2 Å². The van der Waals surface area contributed by atoms with E-state index in [-0.39, 0.29) is 50.3 Å². The Morgan fingerprint density at radius 1 is 0.804 bits per heavy atom. The van der Waals surface area contributed by atoms with Crippen molar-refractivity contribution < 1.29 is 56.2 Å². The average molecular weight is 707 g/mol. The summed E-state index contributed by atoms with van der Waals surface area (Å²) in [6.45, 7) is 1.40. The highest BCUT2D eigenvalue weighted by atomic mass is 19.4. The molecule has 3 aliphatic rings. The third kappa shape index (κ3) is 5.61. The number of benzene rings is 4. The van der Waals surface area contributed by atoms with Crippen molar-refractivity contribution in [1.82, 2.24) is 0 Å². The van der Waals surface area contributed by atoms with E-state index in [1.54, 1.807) is 0 Å². The maximum Gasteiger partial charge on any atom is 0.435 e. The van der Waals surface area contributed by atoms with Crippen molar-refractivity contribution in [2.75, 3.05) is 4.90 Å². The Kier molecular flexibility index (Phi) is 8.16. The highest BCUT2D eigenvalue weighted by Gasteiger charge is 2.62. The van der Waals surface area contributed by atoms with E-state index in [1.165, 1.54) is 43.3 Å². The normalized spacial score (nSPS) is 17.6. The van der Waals surface area contributed by atoms with Gasteiger partial charge in [-0.15, -0.1) is 0 Å². The lowest BCUT2D eigenvalue weighted by Crippen LogP contribution is -2.42. The molecule has 4 aromatic carbocycles. The maximum absolute atomic E-state index is 14.4. The molecule has 1 unspecified atom stereocenters. The molecular formula is C33H18F4N4O10. The van der Waals surface area contributed by atoms with Gasteiger partial charge in [0.1, 0.15) is 11.4 Å². The van der Waals surface area contributed by atoms with E-state index in [1.807, 2.05) is 0 Å². The largest absolute Gasteiger partial charge is 0.435 e. The fourth-order valence-corrected chi connectivity index (χ4v) is 5.76. The smallest absolute Gasteiger partial charge is 0.385 e. The van der Waals surface area contributed by atoms with E-state index < -0.39 is 69.0 Å². The van der Waals surface area contributed by atoms with Crippen LogP contribution < -0.4 is 4.90 Å². The number of alkyl halides is 3. The molecule has 0 aromatic heterocycles. The van der Waals surface area contributed by atoms with Crippen molar-refractivity contribution >= 4 is 46.5 Å². The van der Waals surface area contributed by atoms with Gasteiger partial charge in [-0.3, -0.25) is 29.8 Å². The molecule has 51 heavy (non-hydrogen) atoms. The van der Waals surface area contributed by atoms with Crippen molar-refractivity contribution in [3.05, 3.63) is 144 Å². The summed E-state index contributed by atoms with van der Waals surface area (Å²) in [6, 6.07) is 15.5. The number of carbonyl (C=O) groups excluding carboxylic acids is 4. The van der Waals surface area contributed by atoms with Crippen LogP contribution in [0.2, 0.25) is 0 Å². The van der Waals surface area contributed by atoms with Gasteiger partial charge < -0.3 is 9.57 Å². The standard InChI is InChI=1S/C25H15F4N3O5.C8H3NO5/c1-13-11-15(24(25(27,28)29)12-18(30-37-24)14-5-8-16(26)9-6-14)7-10-19(13)31-22(33)17-3-2-4-20(32(35)36)21(17)23(31)34;10-7-4-2-1-3-5(9(12)13)6(4)8(11)14-7/h2-11H,12H2,1H3;1-3H. The third-order valence-corrected chi connectivity index (χ3v) is 8.21. The molecule has 3 heterocycles. The van der Waals surface area contributed by atoms with Crippen molar-refractivity contribution in [2.45, 2.75) is 25.1 Å². The quantitative estimate of drug-likeness (QED) is 0.0566. The first-order valence-corrected chi connectivity index (χ1v) is 14.4. The topological polar surface area (TPSA) is 189 Å². The van der Waals surface area contributed by atoms with Crippen LogP contribution in [0.25, 0.3) is 0 Å². The van der Waals surface area contributed by atoms with Gasteiger partial charge >= 0.3 is 18.1 Å². The van der Waals surface area contributed by atoms with Crippen molar-refractivity contribution in [3.8, 4) is 0 Å². The third-order valence-electron chi connectivity index (χ3n) is 8.21. The summed E-state index contributed by atoms with van der Waals surface area (Å²) in [7, 11) is 0. The lowest BCUT2D eigenvalue weighted by Gasteiger charge is -2.30. The number of nitro groups is 2.